The van der Waals surface area contributed by atoms with Gasteiger partial charge in [0.2, 0.25) is 0 Å². The monoisotopic (exact) mass is 421 g/mol. The highest BCUT2D eigenvalue weighted by Crippen LogP contribution is 2.44. The number of aromatic hydroxyl groups is 1. The summed E-state index contributed by atoms with van der Waals surface area (Å²) in [6.07, 6.45) is 12.1. The summed E-state index contributed by atoms with van der Waals surface area (Å²) >= 11 is 0. The highest BCUT2D eigenvalue weighted by Gasteiger charge is 2.50. The van der Waals surface area contributed by atoms with Gasteiger partial charge < -0.3 is 10.4 Å². The molecule has 3 aromatic rings. The number of fused-ring (bicyclic) bond motifs is 2. The van der Waals surface area contributed by atoms with E-state index in [0.717, 1.165) is 19.3 Å². The molecule has 2 aliphatic rings. The summed E-state index contributed by atoms with van der Waals surface area (Å²) in [6, 6.07) is 1.53. The van der Waals surface area contributed by atoms with E-state index in [1.54, 1.807) is 29.4 Å². The van der Waals surface area contributed by atoms with Gasteiger partial charge in [-0.2, -0.15) is 0 Å². The summed E-state index contributed by atoms with van der Waals surface area (Å²) in [7, 11) is 0. The first-order chi connectivity index (χ1) is 14.9. The van der Waals surface area contributed by atoms with Crippen LogP contribution in [0.1, 0.15) is 45.4 Å². The predicted molar refractivity (Wildman–Crippen MR) is 113 cm³/mol. The van der Waals surface area contributed by atoms with Crippen LogP contribution < -0.4 is 5.32 Å². The average Bonchev–Trinajstić information content (AvgIpc) is 3.27. The van der Waals surface area contributed by atoms with Crippen molar-refractivity contribution in [3.8, 4) is 22.8 Å². The molecule has 2 fully saturated rings. The molecule has 8 nitrogen and oxygen atoms in total. The fraction of sp³-hybridized carbons (Fsp3) is 0.409. The van der Waals surface area contributed by atoms with E-state index in [1.807, 2.05) is 6.92 Å². The zero-order chi connectivity index (χ0) is 21.6. The van der Waals surface area contributed by atoms with Crippen molar-refractivity contribution in [2.75, 3.05) is 0 Å². The maximum Gasteiger partial charge on any atom is 0.174 e. The number of hydrogen-bond donors (Lipinski definition) is 2. The Balaban J connectivity index is 1.40. The molecule has 5 rings (SSSR count). The van der Waals surface area contributed by atoms with Gasteiger partial charge in [-0.05, 0) is 51.2 Å². The minimum atomic E-state index is -1.09. The molecule has 0 saturated carbocycles. The largest absolute Gasteiger partial charge is 0.507 e. The van der Waals surface area contributed by atoms with Crippen LogP contribution in [0.3, 0.4) is 0 Å². The maximum atomic E-state index is 15.3. The fourth-order valence-corrected chi connectivity index (χ4v) is 4.86. The van der Waals surface area contributed by atoms with Crippen LogP contribution in [0.4, 0.5) is 4.39 Å². The quantitative estimate of drug-likeness (QED) is 0.669. The minimum absolute atomic E-state index is 0.0109. The van der Waals surface area contributed by atoms with Crippen LogP contribution in [0.15, 0.2) is 42.8 Å². The summed E-state index contributed by atoms with van der Waals surface area (Å²) in [5.74, 6) is 0.904. The molecule has 2 N–H and O–H groups in total. The maximum absolute atomic E-state index is 15.3. The van der Waals surface area contributed by atoms with Gasteiger partial charge in [-0.1, -0.05) is 0 Å². The highest BCUT2D eigenvalue weighted by atomic mass is 19.1. The molecular formula is C22H24FN7O. The Bertz CT molecular complexity index is 1130. The van der Waals surface area contributed by atoms with Gasteiger partial charge in [0.15, 0.2) is 5.82 Å². The van der Waals surface area contributed by atoms with Gasteiger partial charge in [0, 0.05) is 30.2 Å². The van der Waals surface area contributed by atoms with Gasteiger partial charge in [0.25, 0.3) is 0 Å². The molecule has 9 heteroatoms. The number of piperidine rings is 2. The zero-order valence-corrected chi connectivity index (χ0v) is 17.5. The topological polar surface area (TPSA) is 102 Å². The lowest BCUT2D eigenvalue weighted by atomic mass is 9.68. The summed E-state index contributed by atoms with van der Waals surface area (Å²) in [6.45, 7) is 4.10. The summed E-state index contributed by atoms with van der Waals surface area (Å²) < 4.78 is 16.9. The van der Waals surface area contributed by atoms with Crippen molar-refractivity contribution < 1.29 is 9.50 Å². The van der Waals surface area contributed by atoms with Gasteiger partial charge in [0.05, 0.1) is 17.3 Å². The Morgan fingerprint density at radius 2 is 2.10 bits per heavy atom. The molecule has 160 valence electrons. The van der Waals surface area contributed by atoms with Gasteiger partial charge in [-0.25, -0.2) is 19.3 Å². The highest BCUT2D eigenvalue weighted by molar-refractivity contribution is 5.66. The van der Waals surface area contributed by atoms with Gasteiger partial charge in [-0.3, -0.25) is 4.57 Å². The number of nitrogens with zero attached hydrogens (tertiary/aromatic N) is 6. The van der Waals surface area contributed by atoms with Crippen molar-refractivity contribution in [3.63, 3.8) is 0 Å². The summed E-state index contributed by atoms with van der Waals surface area (Å²) in [4.78, 5) is 12.6. The molecule has 5 heterocycles. The van der Waals surface area contributed by atoms with E-state index in [-0.39, 0.29) is 11.3 Å². The molecule has 0 unspecified atom stereocenters. The SMILES string of the molecule is C[C@]12CCC[C@](C)(N1)[C@@H](F)/C(=C/c1ncc(-c3cnc(-n4ccnc4)cc3O)nn1)C2. The first kappa shape index (κ1) is 19.7. The minimum Gasteiger partial charge on any atom is -0.507 e. The van der Waals surface area contributed by atoms with E-state index >= 15 is 4.39 Å². The van der Waals surface area contributed by atoms with Crippen LogP contribution in [0.25, 0.3) is 23.2 Å². The standard InChI is InChI=1S/C22H24FN7O/c1-21-4-3-5-22(2,29-21)20(23)14(10-21)8-18-25-12-16(27-28-18)15-11-26-19(9-17(15)31)30-7-6-24-13-30/h6-9,11-13,20,29H,3-5,10H2,1-2H3,(H,26,31)/b14-8+/t20-,21+,22-/m0/s1. The number of alkyl halides is 1. The number of imidazole rings is 1. The third-order valence-electron chi connectivity index (χ3n) is 6.30. The number of aromatic nitrogens is 6. The zero-order valence-electron chi connectivity index (χ0n) is 17.5. The number of hydrogen-bond acceptors (Lipinski definition) is 7. The van der Waals surface area contributed by atoms with Crippen LogP contribution in [-0.4, -0.2) is 52.1 Å². The van der Waals surface area contributed by atoms with Crippen LogP contribution in [-0.2, 0) is 0 Å². The first-order valence-corrected chi connectivity index (χ1v) is 10.4. The average molecular weight is 421 g/mol. The molecule has 0 amide bonds. The Kier molecular flexibility index (Phi) is 4.58. The molecular weight excluding hydrogens is 397 g/mol. The van der Waals surface area contributed by atoms with E-state index in [1.165, 1.54) is 18.5 Å². The molecule has 3 aromatic heterocycles. The summed E-state index contributed by atoms with van der Waals surface area (Å²) in [5.41, 5.74) is 0.847. The van der Waals surface area contributed by atoms with E-state index in [2.05, 4.69) is 37.4 Å². The molecule has 0 radical (unpaired) electrons. The van der Waals surface area contributed by atoms with Crippen molar-refractivity contribution in [1.29, 1.82) is 0 Å². The Morgan fingerprint density at radius 1 is 1.23 bits per heavy atom. The lowest BCUT2D eigenvalue weighted by molar-refractivity contribution is 0.0555. The van der Waals surface area contributed by atoms with Crippen LogP contribution in [0.2, 0.25) is 0 Å². The molecule has 2 aliphatic heterocycles. The smallest absolute Gasteiger partial charge is 0.174 e. The van der Waals surface area contributed by atoms with Crippen LogP contribution in [0.5, 0.6) is 5.75 Å². The second-order valence-corrected chi connectivity index (χ2v) is 8.95. The third-order valence-corrected chi connectivity index (χ3v) is 6.30. The van der Waals surface area contributed by atoms with Crippen LogP contribution >= 0.6 is 0 Å². The lowest BCUT2D eigenvalue weighted by Crippen LogP contribution is -2.66. The second kappa shape index (κ2) is 7.19. The summed E-state index contributed by atoms with van der Waals surface area (Å²) in [5, 5.41) is 22.3. The van der Waals surface area contributed by atoms with Gasteiger partial charge in [0.1, 0.15) is 29.8 Å². The van der Waals surface area contributed by atoms with Gasteiger partial charge in [-0.15, -0.1) is 10.2 Å². The van der Waals surface area contributed by atoms with E-state index in [0.29, 0.717) is 34.9 Å². The number of halogens is 1. The van der Waals surface area contributed by atoms with Crippen molar-refractivity contribution in [1.82, 2.24) is 35.0 Å². The predicted octanol–water partition coefficient (Wildman–Crippen LogP) is 3.24. The fourth-order valence-electron chi connectivity index (χ4n) is 4.86. The molecule has 0 aromatic carbocycles. The normalized spacial score (nSPS) is 29.3. The van der Waals surface area contributed by atoms with Gasteiger partial charge >= 0.3 is 0 Å². The molecule has 31 heavy (non-hydrogen) atoms. The number of rotatable bonds is 3. The van der Waals surface area contributed by atoms with E-state index in [4.69, 9.17) is 0 Å². The lowest BCUT2D eigenvalue weighted by Gasteiger charge is -2.53. The molecule has 2 bridgehead atoms. The van der Waals surface area contributed by atoms with E-state index < -0.39 is 11.7 Å². The Morgan fingerprint density at radius 3 is 2.81 bits per heavy atom. The van der Waals surface area contributed by atoms with Crippen molar-refractivity contribution >= 4 is 6.08 Å². The van der Waals surface area contributed by atoms with E-state index in [9.17, 15) is 5.11 Å². The second-order valence-electron chi connectivity index (χ2n) is 8.95. The molecule has 0 aliphatic carbocycles. The third kappa shape index (κ3) is 3.59. The first-order valence-electron chi connectivity index (χ1n) is 10.4. The van der Waals surface area contributed by atoms with Crippen molar-refractivity contribution in [2.45, 2.75) is 56.8 Å². The molecule has 2 saturated heterocycles. The number of pyridine rings is 1. The Labute approximate surface area is 179 Å². The van der Waals surface area contributed by atoms with Crippen molar-refractivity contribution in [3.05, 3.63) is 48.6 Å². The van der Waals surface area contributed by atoms with Crippen LogP contribution in [0, 0.1) is 0 Å². The van der Waals surface area contributed by atoms with Crippen molar-refractivity contribution in [2.24, 2.45) is 0 Å². The molecule has 0 spiro atoms. The Hall–Kier alpha value is -3.20. The number of nitrogens with one attached hydrogen (secondary N) is 1. The molecule has 3 atom stereocenters.